The van der Waals surface area contributed by atoms with Crippen LogP contribution in [0.4, 0.5) is 0 Å². The molecule has 354 valence electrons. The molecule has 2 fully saturated rings. The van der Waals surface area contributed by atoms with Gasteiger partial charge >= 0.3 is 5.97 Å². The molecular formula is C49H95NO9Si. The van der Waals surface area contributed by atoms with Crippen LogP contribution >= 0.6 is 0 Å². The number of ether oxygens (including phenoxy) is 6. The Balaban J connectivity index is 2.19. The van der Waals surface area contributed by atoms with E-state index in [0.717, 1.165) is 38.5 Å². The monoisotopic (exact) mass is 870 g/mol. The van der Waals surface area contributed by atoms with Crippen LogP contribution in [-0.2, 0) is 42.4 Å². The third kappa shape index (κ3) is 20.6. The van der Waals surface area contributed by atoms with E-state index in [0.29, 0.717) is 6.61 Å². The van der Waals surface area contributed by atoms with E-state index in [1.165, 1.54) is 130 Å². The highest BCUT2D eigenvalue weighted by Crippen LogP contribution is 2.43. The number of unbranched alkanes of at least 4 members (excludes halogenated alkanes) is 22. The van der Waals surface area contributed by atoms with Crippen LogP contribution in [0.3, 0.4) is 0 Å². The van der Waals surface area contributed by atoms with E-state index < -0.39 is 56.3 Å². The molecule has 0 bridgehead atoms. The van der Waals surface area contributed by atoms with Crippen molar-refractivity contribution in [3.05, 3.63) is 0 Å². The van der Waals surface area contributed by atoms with Gasteiger partial charge in [-0.2, -0.15) is 0 Å². The summed E-state index contributed by atoms with van der Waals surface area (Å²) in [5, 5.41) is 3.04. The first kappa shape index (κ1) is 55.0. The van der Waals surface area contributed by atoms with Gasteiger partial charge in [-0.15, -0.1) is 0 Å². The quantitative estimate of drug-likeness (QED) is 0.0384. The summed E-state index contributed by atoms with van der Waals surface area (Å²) in [6, 6.07) is -0.650. The molecule has 0 aromatic rings. The zero-order valence-electron chi connectivity index (χ0n) is 40.9. The molecule has 2 aliphatic rings. The summed E-state index contributed by atoms with van der Waals surface area (Å²) in [6.07, 6.45) is 27.0. The molecule has 1 amide bonds. The van der Waals surface area contributed by atoms with E-state index in [1.54, 1.807) is 0 Å². The summed E-state index contributed by atoms with van der Waals surface area (Å²) in [6.45, 7) is 21.8. The van der Waals surface area contributed by atoms with Gasteiger partial charge < -0.3 is 38.2 Å². The zero-order chi connectivity index (χ0) is 44.5. The molecule has 60 heavy (non-hydrogen) atoms. The van der Waals surface area contributed by atoms with E-state index in [-0.39, 0.29) is 30.6 Å². The fourth-order valence-corrected chi connectivity index (χ4v) is 9.65. The van der Waals surface area contributed by atoms with Gasteiger partial charge in [0.2, 0.25) is 5.91 Å². The lowest BCUT2D eigenvalue weighted by Crippen LogP contribution is -2.70. The Labute approximate surface area is 369 Å². The average Bonchev–Trinajstić information content (AvgIpc) is 3.55. The molecule has 0 saturated carbocycles. The van der Waals surface area contributed by atoms with Crippen molar-refractivity contribution in [1.29, 1.82) is 0 Å². The summed E-state index contributed by atoms with van der Waals surface area (Å²) in [5.41, 5.74) is 0. The Hall–Kier alpha value is -1.08. The van der Waals surface area contributed by atoms with E-state index in [2.05, 4.69) is 53.0 Å². The molecule has 0 unspecified atom stereocenters. The van der Waals surface area contributed by atoms with Crippen molar-refractivity contribution < 1.29 is 42.4 Å². The van der Waals surface area contributed by atoms with Crippen LogP contribution in [0.25, 0.3) is 0 Å². The lowest BCUT2D eigenvalue weighted by molar-refractivity contribution is -0.308. The molecule has 0 aliphatic carbocycles. The zero-order valence-corrected chi connectivity index (χ0v) is 41.9. The maximum absolute atomic E-state index is 14.3. The van der Waals surface area contributed by atoms with Gasteiger partial charge in [-0.3, -0.25) is 4.79 Å². The molecule has 0 radical (unpaired) electrons. The van der Waals surface area contributed by atoms with Crippen LogP contribution in [0, 0.1) is 0 Å². The summed E-state index contributed by atoms with van der Waals surface area (Å²) in [7, 11) is -0.956. The van der Waals surface area contributed by atoms with Crippen molar-refractivity contribution in [2.24, 2.45) is 0 Å². The molecule has 2 aliphatic heterocycles. The molecular weight excluding hydrogens is 775 g/mol. The molecule has 1 N–H and O–H groups in total. The number of rotatable bonds is 34. The van der Waals surface area contributed by atoms with Crippen molar-refractivity contribution in [2.45, 2.75) is 276 Å². The number of esters is 1. The number of amides is 1. The standard InChI is InChI=1S/C49H95NO9Si/c1-12-14-16-18-20-22-24-26-28-30-32-34-36-54-44(42-39-56-48(7,8)57-42)45-43(50-40(3)51)41(59-60(10,11)47(4,5)6)38-49(53-9,58-45)46(52)55-37-35-33-31-29-27-25-23-21-19-17-15-13-2/h41-45H,12-39H2,1-11H3,(H,50,51)/t41-,42+,43+,44+,45+,49-/m0/s1. The number of nitrogens with one attached hydrogen (secondary N) is 1. The third-order valence-electron chi connectivity index (χ3n) is 13.1. The van der Waals surface area contributed by atoms with Gasteiger partial charge in [-0.05, 0) is 44.8 Å². The second kappa shape index (κ2) is 29.4. The van der Waals surface area contributed by atoms with E-state index >= 15 is 0 Å². The van der Waals surface area contributed by atoms with Crippen molar-refractivity contribution in [3.63, 3.8) is 0 Å². The van der Waals surface area contributed by atoms with Gasteiger partial charge in [0.15, 0.2) is 14.1 Å². The highest BCUT2D eigenvalue weighted by molar-refractivity contribution is 6.74. The topological polar surface area (TPSA) is 111 Å². The van der Waals surface area contributed by atoms with Crippen LogP contribution in [0.2, 0.25) is 18.1 Å². The smallest absolute Gasteiger partial charge is 0.366 e. The molecule has 0 aromatic heterocycles. The fraction of sp³-hybridized carbons (Fsp3) is 0.959. The number of hydrogen-bond donors (Lipinski definition) is 1. The summed E-state index contributed by atoms with van der Waals surface area (Å²) in [5.74, 6) is -3.40. The van der Waals surface area contributed by atoms with Crippen LogP contribution < -0.4 is 5.32 Å². The number of hydrogen-bond acceptors (Lipinski definition) is 9. The van der Waals surface area contributed by atoms with Crippen molar-refractivity contribution in [1.82, 2.24) is 5.32 Å². The highest BCUT2D eigenvalue weighted by Gasteiger charge is 2.59. The second-order valence-corrected chi connectivity index (χ2v) is 24.8. The van der Waals surface area contributed by atoms with Crippen molar-refractivity contribution >= 4 is 20.2 Å². The molecule has 11 heteroatoms. The van der Waals surface area contributed by atoms with Crippen LogP contribution in [0.5, 0.6) is 0 Å². The van der Waals surface area contributed by atoms with Crippen LogP contribution in [0.1, 0.15) is 216 Å². The van der Waals surface area contributed by atoms with Gasteiger partial charge in [-0.1, -0.05) is 176 Å². The molecule has 6 atom stereocenters. The van der Waals surface area contributed by atoms with E-state index in [4.69, 9.17) is 32.8 Å². The van der Waals surface area contributed by atoms with Crippen molar-refractivity contribution in [3.8, 4) is 0 Å². The highest BCUT2D eigenvalue weighted by atomic mass is 28.4. The predicted octanol–water partition coefficient (Wildman–Crippen LogP) is 12.5. The van der Waals surface area contributed by atoms with Gasteiger partial charge in [0, 0.05) is 27.1 Å². The number of carbonyl (C=O) groups excluding carboxylic acids is 2. The maximum atomic E-state index is 14.3. The molecule has 2 heterocycles. The first-order valence-corrected chi connectivity index (χ1v) is 27.7. The van der Waals surface area contributed by atoms with Crippen molar-refractivity contribution in [2.75, 3.05) is 26.9 Å². The SMILES string of the molecule is CCCCCCCCCCCCCCOC(=O)[C@]1(OC)C[C@H](O[Si](C)(C)C(C)(C)C)[C@@H](NC(C)=O)[C@H]([C@H](OCCCCCCCCCCCCCC)[C@H]2COC(C)(C)O2)O1. The summed E-state index contributed by atoms with van der Waals surface area (Å²) in [4.78, 5) is 27.2. The lowest BCUT2D eigenvalue weighted by Gasteiger charge is -2.51. The molecule has 2 saturated heterocycles. The minimum Gasteiger partial charge on any atom is -0.462 e. The Morgan fingerprint density at radius 3 is 1.57 bits per heavy atom. The molecule has 10 nitrogen and oxygen atoms in total. The molecule has 0 aromatic carbocycles. The van der Waals surface area contributed by atoms with Gasteiger partial charge in [0.1, 0.15) is 18.3 Å². The van der Waals surface area contributed by atoms with Gasteiger partial charge in [0.05, 0.1) is 25.4 Å². The van der Waals surface area contributed by atoms with Gasteiger partial charge in [-0.25, -0.2) is 4.79 Å². The first-order valence-electron chi connectivity index (χ1n) is 24.8. The fourth-order valence-electron chi connectivity index (χ4n) is 8.31. The molecule has 0 spiro atoms. The van der Waals surface area contributed by atoms with Gasteiger partial charge in [0.25, 0.3) is 5.79 Å². The predicted molar refractivity (Wildman–Crippen MR) is 247 cm³/mol. The Morgan fingerprint density at radius 1 is 0.717 bits per heavy atom. The molecule has 2 rings (SSSR count). The summed E-state index contributed by atoms with van der Waals surface area (Å²) < 4.78 is 45.4. The average molecular weight is 870 g/mol. The maximum Gasteiger partial charge on any atom is 0.366 e. The van der Waals surface area contributed by atoms with Crippen LogP contribution in [-0.4, -0.2) is 89.2 Å². The number of carbonyl (C=O) groups is 2. The second-order valence-electron chi connectivity index (χ2n) is 20.0. The number of methoxy groups -OCH3 is 1. The minimum absolute atomic E-state index is 0.0632. The third-order valence-corrected chi connectivity index (χ3v) is 17.6. The lowest BCUT2D eigenvalue weighted by atomic mass is 9.88. The summed E-state index contributed by atoms with van der Waals surface area (Å²) >= 11 is 0. The minimum atomic E-state index is -2.45. The Kier molecular flexibility index (Phi) is 27.0. The largest absolute Gasteiger partial charge is 0.462 e. The Morgan fingerprint density at radius 2 is 1.17 bits per heavy atom. The Bertz CT molecular complexity index is 1150. The van der Waals surface area contributed by atoms with E-state index in [1.807, 2.05) is 13.8 Å². The first-order chi connectivity index (χ1) is 28.5. The van der Waals surface area contributed by atoms with Crippen LogP contribution in [0.15, 0.2) is 0 Å². The normalized spacial score (nSPS) is 23.8. The van der Waals surface area contributed by atoms with E-state index in [9.17, 15) is 9.59 Å².